The number of nitrogens with zero attached hydrogens (tertiary/aromatic N) is 2. The lowest BCUT2D eigenvalue weighted by Gasteiger charge is -2.34. The van der Waals surface area contributed by atoms with Gasteiger partial charge in [-0.3, -0.25) is 13.9 Å². The third-order valence-electron chi connectivity index (χ3n) is 7.77. The maximum Gasteiger partial charge on any atom is 0.264 e. The van der Waals surface area contributed by atoms with Crippen molar-refractivity contribution in [2.75, 3.05) is 18.0 Å². The summed E-state index contributed by atoms with van der Waals surface area (Å²) < 4.78 is 35.8. The van der Waals surface area contributed by atoms with Crippen molar-refractivity contribution < 1.29 is 22.7 Å². The van der Waals surface area contributed by atoms with E-state index in [1.807, 2.05) is 75.4 Å². The molecule has 242 valence electrons. The van der Waals surface area contributed by atoms with Crippen LogP contribution in [0.4, 0.5) is 5.69 Å². The number of hydrogen-bond donors (Lipinski definition) is 1. The fraction of sp³-hybridized carbons (Fsp3) is 0.278. The minimum atomic E-state index is -4.21. The van der Waals surface area contributed by atoms with Crippen LogP contribution in [0.5, 0.6) is 5.75 Å². The van der Waals surface area contributed by atoms with E-state index in [2.05, 4.69) is 21.2 Å². The number of halogens is 1. The first-order valence-electron chi connectivity index (χ1n) is 15.1. The zero-order chi connectivity index (χ0) is 33.3. The van der Waals surface area contributed by atoms with Gasteiger partial charge in [-0.25, -0.2) is 8.42 Å². The molecule has 0 unspecified atom stereocenters. The SMILES string of the molecule is CC[C@H](C)NC(=O)[C@H](Cc1ccccc1)N(Cc1ccc(Br)cc1)C(=O)CN(c1cccc(OC)c1)S(=O)(=O)c1ccc(C)cc1. The molecule has 2 atom stereocenters. The molecular formula is C36H40BrN3O5S. The number of ether oxygens (including phenoxy) is 1. The van der Waals surface area contributed by atoms with Crippen molar-refractivity contribution in [3.05, 3.63) is 124 Å². The Labute approximate surface area is 280 Å². The average Bonchev–Trinajstić information content (AvgIpc) is 3.06. The summed E-state index contributed by atoms with van der Waals surface area (Å²) in [5.41, 5.74) is 2.83. The topological polar surface area (TPSA) is 96.0 Å². The van der Waals surface area contributed by atoms with Crippen LogP contribution in [-0.4, -0.2) is 50.9 Å². The van der Waals surface area contributed by atoms with E-state index in [1.54, 1.807) is 36.4 Å². The van der Waals surface area contributed by atoms with Gasteiger partial charge in [0.05, 0.1) is 17.7 Å². The van der Waals surface area contributed by atoms with E-state index in [0.717, 1.165) is 25.5 Å². The van der Waals surface area contributed by atoms with Gasteiger partial charge in [-0.1, -0.05) is 89.1 Å². The van der Waals surface area contributed by atoms with E-state index in [-0.39, 0.29) is 35.5 Å². The lowest BCUT2D eigenvalue weighted by atomic mass is 10.0. The predicted octanol–water partition coefficient (Wildman–Crippen LogP) is 6.52. The Kier molecular flexibility index (Phi) is 12.0. The van der Waals surface area contributed by atoms with E-state index >= 15 is 0 Å². The van der Waals surface area contributed by atoms with E-state index in [4.69, 9.17) is 4.74 Å². The molecule has 0 aromatic heterocycles. The van der Waals surface area contributed by atoms with Crippen LogP contribution in [0.2, 0.25) is 0 Å². The Hall–Kier alpha value is -4.15. The summed E-state index contributed by atoms with van der Waals surface area (Å²) >= 11 is 3.46. The minimum absolute atomic E-state index is 0.0449. The molecule has 4 aromatic carbocycles. The predicted molar refractivity (Wildman–Crippen MR) is 185 cm³/mol. The highest BCUT2D eigenvalue weighted by atomic mass is 79.9. The highest BCUT2D eigenvalue weighted by Crippen LogP contribution is 2.28. The van der Waals surface area contributed by atoms with Gasteiger partial charge in [0.25, 0.3) is 10.0 Å². The third-order valence-corrected chi connectivity index (χ3v) is 10.1. The molecule has 1 N–H and O–H groups in total. The first kappa shape index (κ1) is 34.7. The highest BCUT2D eigenvalue weighted by molar-refractivity contribution is 9.10. The van der Waals surface area contributed by atoms with Crippen LogP contribution in [0.1, 0.15) is 37.0 Å². The van der Waals surface area contributed by atoms with Crippen LogP contribution >= 0.6 is 15.9 Å². The summed E-state index contributed by atoms with van der Waals surface area (Å²) in [7, 11) is -2.71. The fourth-order valence-corrected chi connectivity index (χ4v) is 6.58. The number of nitrogens with one attached hydrogen (secondary N) is 1. The lowest BCUT2D eigenvalue weighted by Crippen LogP contribution is -2.54. The number of carbonyl (C=O) groups is 2. The minimum Gasteiger partial charge on any atom is -0.497 e. The third kappa shape index (κ3) is 8.98. The van der Waals surface area contributed by atoms with Crippen LogP contribution in [-0.2, 0) is 32.6 Å². The molecule has 0 aliphatic rings. The number of carbonyl (C=O) groups excluding carboxylic acids is 2. The molecule has 0 radical (unpaired) electrons. The molecule has 46 heavy (non-hydrogen) atoms. The number of aryl methyl sites for hydroxylation is 1. The Bertz CT molecular complexity index is 1720. The van der Waals surface area contributed by atoms with Crippen LogP contribution in [0.15, 0.2) is 112 Å². The Morgan fingerprint density at radius 3 is 2.20 bits per heavy atom. The van der Waals surface area contributed by atoms with Gasteiger partial charge in [0.2, 0.25) is 11.8 Å². The second-order valence-electron chi connectivity index (χ2n) is 11.2. The normalized spacial score (nSPS) is 12.5. The second-order valence-corrected chi connectivity index (χ2v) is 14.0. The largest absolute Gasteiger partial charge is 0.497 e. The number of anilines is 1. The van der Waals surface area contributed by atoms with Gasteiger partial charge >= 0.3 is 0 Å². The van der Waals surface area contributed by atoms with E-state index in [9.17, 15) is 18.0 Å². The molecule has 8 nitrogen and oxygen atoms in total. The molecule has 0 heterocycles. The Morgan fingerprint density at radius 2 is 1.57 bits per heavy atom. The molecule has 4 aromatic rings. The molecule has 0 fully saturated rings. The number of benzene rings is 4. The summed E-state index contributed by atoms with van der Waals surface area (Å²) in [6.07, 6.45) is 0.956. The average molecular weight is 707 g/mol. The van der Waals surface area contributed by atoms with Crippen molar-refractivity contribution in [2.45, 2.75) is 57.1 Å². The number of hydrogen-bond acceptors (Lipinski definition) is 5. The van der Waals surface area contributed by atoms with Crippen LogP contribution in [0, 0.1) is 6.92 Å². The number of rotatable bonds is 14. The Balaban J connectivity index is 1.82. The molecule has 10 heteroatoms. The summed E-state index contributed by atoms with van der Waals surface area (Å²) in [5, 5.41) is 3.05. The van der Waals surface area contributed by atoms with Crippen molar-refractivity contribution in [1.29, 1.82) is 0 Å². The summed E-state index contributed by atoms with van der Waals surface area (Å²) in [4.78, 5) is 30.0. The van der Waals surface area contributed by atoms with Gasteiger partial charge in [-0.15, -0.1) is 0 Å². The number of methoxy groups -OCH3 is 1. The molecule has 4 rings (SSSR count). The Morgan fingerprint density at radius 1 is 0.891 bits per heavy atom. The quantitative estimate of drug-likeness (QED) is 0.161. The highest BCUT2D eigenvalue weighted by Gasteiger charge is 2.35. The maximum atomic E-state index is 14.6. The first-order chi connectivity index (χ1) is 22.0. The molecule has 0 saturated heterocycles. The van der Waals surface area contributed by atoms with Gasteiger partial charge in [0.1, 0.15) is 18.3 Å². The van der Waals surface area contributed by atoms with Gasteiger partial charge in [-0.2, -0.15) is 0 Å². The molecule has 0 aliphatic carbocycles. The van der Waals surface area contributed by atoms with Crippen molar-refractivity contribution in [1.82, 2.24) is 10.2 Å². The van der Waals surface area contributed by atoms with Crippen LogP contribution in [0.3, 0.4) is 0 Å². The monoisotopic (exact) mass is 705 g/mol. The van der Waals surface area contributed by atoms with Gasteiger partial charge in [0, 0.05) is 29.5 Å². The molecule has 0 saturated carbocycles. The fourth-order valence-electron chi connectivity index (χ4n) is 4.91. The zero-order valence-corrected chi connectivity index (χ0v) is 28.9. The molecule has 2 amide bonds. The van der Waals surface area contributed by atoms with Crippen LogP contribution in [0.25, 0.3) is 0 Å². The molecule has 0 bridgehead atoms. The first-order valence-corrected chi connectivity index (χ1v) is 17.4. The van der Waals surface area contributed by atoms with Crippen molar-refractivity contribution >= 4 is 43.5 Å². The number of sulfonamides is 1. The van der Waals surface area contributed by atoms with Gasteiger partial charge in [0.15, 0.2) is 0 Å². The van der Waals surface area contributed by atoms with Crippen molar-refractivity contribution in [2.24, 2.45) is 0 Å². The van der Waals surface area contributed by atoms with E-state index in [1.165, 1.54) is 24.1 Å². The second kappa shape index (κ2) is 15.9. The van der Waals surface area contributed by atoms with Gasteiger partial charge in [-0.05, 0) is 67.8 Å². The van der Waals surface area contributed by atoms with Crippen molar-refractivity contribution in [3.8, 4) is 5.75 Å². The maximum absolute atomic E-state index is 14.6. The standard InChI is InChI=1S/C36H40BrN3O5S/c1-5-27(3)38-36(42)34(22-28-10-7-6-8-11-28)39(24-29-16-18-30(37)19-17-29)35(41)25-40(31-12-9-13-32(23-31)45-4)46(43,44)33-20-14-26(2)15-21-33/h6-21,23,27,34H,5,22,24-25H2,1-4H3,(H,38,42)/t27-,34-/m0/s1. The van der Waals surface area contributed by atoms with E-state index < -0.39 is 28.5 Å². The smallest absolute Gasteiger partial charge is 0.264 e. The number of amides is 2. The lowest BCUT2D eigenvalue weighted by molar-refractivity contribution is -0.140. The van der Waals surface area contributed by atoms with Crippen molar-refractivity contribution in [3.63, 3.8) is 0 Å². The van der Waals surface area contributed by atoms with Gasteiger partial charge < -0.3 is 15.0 Å². The summed E-state index contributed by atoms with van der Waals surface area (Å²) in [5.74, 6) is -0.393. The summed E-state index contributed by atoms with van der Waals surface area (Å²) in [6, 6.07) is 29.0. The van der Waals surface area contributed by atoms with E-state index in [0.29, 0.717) is 12.2 Å². The molecule has 0 spiro atoms. The van der Waals surface area contributed by atoms with Crippen LogP contribution < -0.4 is 14.4 Å². The summed E-state index contributed by atoms with van der Waals surface area (Å²) in [6.45, 7) is 5.31. The molecule has 0 aliphatic heterocycles. The molecular weight excluding hydrogens is 666 g/mol. The zero-order valence-electron chi connectivity index (χ0n) is 26.5.